The number of nitrogens with two attached hydrogens (primary N) is 1. The summed E-state index contributed by atoms with van der Waals surface area (Å²) in [5.74, 6) is 0.904. The molecule has 1 aliphatic carbocycles. The number of amides is 1. The van der Waals surface area contributed by atoms with Crippen molar-refractivity contribution in [3.05, 3.63) is 76.8 Å². The fourth-order valence-corrected chi connectivity index (χ4v) is 5.93. The number of piperidine rings is 1. The molecule has 0 spiro atoms. The van der Waals surface area contributed by atoms with Gasteiger partial charge in [0.1, 0.15) is 16.8 Å². The number of aromatic nitrogens is 4. The summed E-state index contributed by atoms with van der Waals surface area (Å²) >= 11 is 1.31. The summed E-state index contributed by atoms with van der Waals surface area (Å²) in [6.07, 6.45) is 3.23. The number of aliphatic hydroxyl groups is 1. The molecule has 11 heteroatoms. The van der Waals surface area contributed by atoms with Gasteiger partial charge in [-0.3, -0.25) is 4.79 Å². The van der Waals surface area contributed by atoms with Crippen LogP contribution in [0.1, 0.15) is 27.9 Å². The second-order valence-electron chi connectivity index (χ2n) is 10.3. The van der Waals surface area contributed by atoms with Gasteiger partial charge in [0.15, 0.2) is 10.8 Å². The number of fused-ring (bicyclic) bond motifs is 1. The molecule has 1 aliphatic heterocycles. The maximum atomic E-state index is 13.5. The van der Waals surface area contributed by atoms with Gasteiger partial charge in [0, 0.05) is 48.9 Å². The number of halogens is 1. The van der Waals surface area contributed by atoms with Gasteiger partial charge in [-0.15, -0.1) is 11.3 Å². The summed E-state index contributed by atoms with van der Waals surface area (Å²) in [6, 6.07) is 11.3. The molecule has 200 valence electrons. The molecule has 3 aromatic heterocycles. The Hall–Kier alpha value is -3.80. The fraction of sp³-hybridized carbons (Fsp3) is 0.321. The quantitative estimate of drug-likeness (QED) is 0.361. The van der Waals surface area contributed by atoms with E-state index in [-0.39, 0.29) is 36.3 Å². The Bertz CT molecular complexity index is 1520. The molecule has 3 N–H and O–H groups in total. The number of hydrogen-bond acceptors (Lipinski definition) is 9. The van der Waals surface area contributed by atoms with E-state index >= 15 is 0 Å². The lowest BCUT2D eigenvalue weighted by molar-refractivity contribution is 0.0755. The van der Waals surface area contributed by atoms with Crippen molar-refractivity contribution in [3.8, 4) is 28.0 Å². The molecule has 39 heavy (non-hydrogen) atoms. The predicted octanol–water partition coefficient (Wildman–Crippen LogP) is 3.43. The third kappa shape index (κ3) is 4.88. The highest BCUT2D eigenvalue weighted by atomic mass is 32.1. The van der Waals surface area contributed by atoms with E-state index in [4.69, 9.17) is 10.5 Å². The summed E-state index contributed by atoms with van der Waals surface area (Å²) in [7, 11) is 0. The van der Waals surface area contributed by atoms with Gasteiger partial charge in [-0.2, -0.15) is 0 Å². The molecule has 4 heterocycles. The Kier molecular flexibility index (Phi) is 6.37. The molecule has 2 aliphatic rings. The van der Waals surface area contributed by atoms with Gasteiger partial charge in [-0.1, -0.05) is 0 Å². The van der Waals surface area contributed by atoms with Crippen LogP contribution in [0.5, 0.6) is 5.88 Å². The Morgan fingerprint density at radius 3 is 2.54 bits per heavy atom. The first-order valence-corrected chi connectivity index (χ1v) is 13.4. The lowest BCUT2D eigenvalue weighted by atomic mass is 9.93. The first-order valence-electron chi connectivity index (χ1n) is 12.6. The largest absolute Gasteiger partial charge is 0.474 e. The van der Waals surface area contributed by atoms with Crippen molar-refractivity contribution in [2.24, 2.45) is 17.6 Å². The van der Waals surface area contributed by atoms with Crippen molar-refractivity contribution < 1.29 is 19.0 Å². The lowest BCUT2D eigenvalue weighted by Gasteiger charge is -2.24. The highest BCUT2D eigenvalue weighted by molar-refractivity contribution is 7.17. The zero-order chi connectivity index (χ0) is 27.3. The zero-order valence-corrected chi connectivity index (χ0v) is 22.2. The van der Waals surface area contributed by atoms with Gasteiger partial charge < -0.3 is 20.5 Å². The maximum Gasteiger partial charge on any atom is 0.265 e. The van der Waals surface area contributed by atoms with Crippen molar-refractivity contribution in [2.45, 2.75) is 25.5 Å². The van der Waals surface area contributed by atoms with Crippen LogP contribution in [0.2, 0.25) is 0 Å². The Balaban J connectivity index is 1.17. The number of ether oxygens (including phenoxy) is 1. The Morgan fingerprint density at radius 2 is 1.87 bits per heavy atom. The molecule has 1 saturated carbocycles. The molecule has 1 amide bonds. The number of aliphatic hydroxyl groups excluding tert-OH is 1. The molecule has 2 unspecified atom stereocenters. The Morgan fingerprint density at radius 1 is 1.18 bits per heavy atom. The third-order valence-electron chi connectivity index (χ3n) is 7.34. The normalized spacial score (nSPS) is 21.4. The van der Waals surface area contributed by atoms with Crippen LogP contribution in [0.4, 0.5) is 4.39 Å². The van der Waals surface area contributed by atoms with Crippen molar-refractivity contribution in [1.82, 2.24) is 24.8 Å². The molecular formula is C28H27FN6O3S. The van der Waals surface area contributed by atoms with E-state index in [0.717, 1.165) is 0 Å². The van der Waals surface area contributed by atoms with Gasteiger partial charge in [0.25, 0.3) is 5.91 Å². The van der Waals surface area contributed by atoms with Gasteiger partial charge in [-0.25, -0.2) is 24.3 Å². The number of likely N-dealkylation sites (tertiary alicyclic amines) is 1. The molecule has 4 aromatic rings. The van der Waals surface area contributed by atoms with Crippen LogP contribution >= 0.6 is 11.3 Å². The monoisotopic (exact) mass is 546 g/mol. The molecule has 9 nitrogen and oxygen atoms in total. The van der Waals surface area contributed by atoms with E-state index in [1.54, 1.807) is 49.6 Å². The molecule has 1 aromatic carbocycles. The van der Waals surface area contributed by atoms with E-state index in [9.17, 15) is 14.3 Å². The van der Waals surface area contributed by atoms with Gasteiger partial charge >= 0.3 is 0 Å². The van der Waals surface area contributed by atoms with Gasteiger partial charge in [0.05, 0.1) is 23.5 Å². The molecular weight excluding hydrogens is 519 g/mol. The van der Waals surface area contributed by atoms with Crippen LogP contribution in [0.15, 0.2) is 54.9 Å². The van der Waals surface area contributed by atoms with Crippen molar-refractivity contribution in [2.75, 3.05) is 19.7 Å². The standard InChI is InChI=1S/C28H27FN6O3S/c1-15-24(39-26(33-15)25-31-8-3-9-32-25)27(37)35-12-19-20(13-35)23(19)38-22-11-17(28(2,30)14-36)10-21(34-22)16-4-6-18(29)7-5-16/h3-11,19-20,23,36H,12-14,30H2,1-2H3/t19-,20?,23+,28?/m1/s1. The minimum absolute atomic E-state index is 0.0429. The number of carbonyl (C=O) groups excluding carboxylic acids is 1. The van der Waals surface area contributed by atoms with Gasteiger partial charge in [0.2, 0.25) is 5.88 Å². The molecule has 2 fully saturated rings. The minimum Gasteiger partial charge on any atom is -0.474 e. The number of rotatable bonds is 7. The first-order chi connectivity index (χ1) is 18.7. The van der Waals surface area contributed by atoms with Crippen molar-refractivity contribution in [1.29, 1.82) is 0 Å². The van der Waals surface area contributed by atoms with Crippen LogP contribution in [0.25, 0.3) is 22.1 Å². The van der Waals surface area contributed by atoms with Crippen LogP contribution in [-0.2, 0) is 5.54 Å². The predicted molar refractivity (Wildman–Crippen MR) is 143 cm³/mol. The SMILES string of the molecule is Cc1nc(-c2ncccn2)sc1C(=O)N1CC2[C@@H](C1)[C@@H]2Oc1cc(C(C)(N)CO)cc(-c2ccc(F)cc2)n1. The second-order valence-corrected chi connectivity index (χ2v) is 11.3. The van der Waals surface area contributed by atoms with Crippen LogP contribution < -0.4 is 10.5 Å². The molecule has 6 rings (SSSR count). The van der Waals surface area contributed by atoms with E-state index in [1.165, 1.54) is 23.5 Å². The second kappa shape index (κ2) is 9.74. The number of benzene rings is 1. The number of pyridine rings is 1. The van der Waals surface area contributed by atoms with Gasteiger partial charge in [-0.05, 0) is 55.8 Å². The van der Waals surface area contributed by atoms with Crippen LogP contribution in [0.3, 0.4) is 0 Å². The van der Waals surface area contributed by atoms with Crippen LogP contribution in [0, 0.1) is 24.6 Å². The molecule has 0 radical (unpaired) electrons. The highest BCUT2D eigenvalue weighted by Crippen LogP contribution is 2.48. The lowest BCUT2D eigenvalue weighted by Crippen LogP contribution is -2.37. The average Bonchev–Trinajstić information content (AvgIpc) is 3.25. The first kappa shape index (κ1) is 25.5. The smallest absolute Gasteiger partial charge is 0.265 e. The minimum atomic E-state index is -1.01. The zero-order valence-electron chi connectivity index (χ0n) is 21.4. The number of hydrogen-bond donors (Lipinski definition) is 2. The highest BCUT2D eigenvalue weighted by Gasteiger charge is 2.59. The summed E-state index contributed by atoms with van der Waals surface area (Å²) in [4.78, 5) is 33.4. The number of carbonyl (C=O) groups is 1. The van der Waals surface area contributed by atoms with Crippen LogP contribution in [-0.4, -0.2) is 61.6 Å². The van der Waals surface area contributed by atoms with E-state index in [1.807, 2.05) is 11.8 Å². The number of nitrogens with zero attached hydrogens (tertiary/aromatic N) is 5. The molecule has 4 atom stereocenters. The topological polar surface area (TPSA) is 127 Å². The third-order valence-corrected chi connectivity index (χ3v) is 8.48. The molecule has 1 saturated heterocycles. The van der Waals surface area contributed by atoms with Crippen molar-refractivity contribution >= 4 is 17.2 Å². The maximum absolute atomic E-state index is 13.5. The number of thiazole rings is 1. The molecule has 0 bridgehead atoms. The van der Waals surface area contributed by atoms with E-state index < -0.39 is 5.54 Å². The van der Waals surface area contributed by atoms with E-state index in [0.29, 0.717) is 57.2 Å². The summed E-state index contributed by atoms with van der Waals surface area (Å²) in [5, 5.41) is 10.5. The Labute approximate surface area is 228 Å². The fourth-order valence-electron chi connectivity index (χ4n) is 4.95. The average molecular weight is 547 g/mol. The van der Waals surface area contributed by atoms with Crippen molar-refractivity contribution in [3.63, 3.8) is 0 Å². The van der Waals surface area contributed by atoms with E-state index in [2.05, 4.69) is 19.9 Å². The number of aryl methyl sites for hydroxylation is 1. The summed E-state index contributed by atoms with van der Waals surface area (Å²) in [6.45, 7) is 4.46. The summed E-state index contributed by atoms with van der Waals surface area (Å²) < 4.78 is 19.8. The summed E-state index contributed by atoms with van der Waals surface area (Å²) in [5.41, 5.74) is 7.94.